The number of urea groups is 1. The van der Waals surface area contributed by atoms with Crippen LogP contribution >= 0.6 is 11.6 Å². The van der Waals surface area contributed by atoms with Crippen molar-refractivity contribution in [3.8, 4) is 5.75 Å². The van der Waals surface area contributed by atoms with E-state index < -0.39 is 0 Å². The molecule has 10 nitrogen and oxygen atoms in total. The highest BCUT2D eigenvalue weighted by atomic mass is 35.5. The van der Waals surface area contributed by atoms with Gasteiger partial charge in [0, 0.05) is 34.2 Å². The standard InChI is InChI=1S/C26H30ClN7O3/c1-28-24(35)18-7-5-6-8-20(18)31-23-19(27)15-30-25(32-23)33(3)21-13-16-9-11-34(26(36)29-2)12-10-17(16)14-22(21)37-4/h5-8,13-15H,9-12H2,1-4H3,(H,28,35)(H,29,36)(H,30,31,32). The molecule has 3 amide bonds. The predicted octanol–water partition coefficient (Wildman–Crippen LogP) is 3.75. The largest absolute Gasteiger partial charge is 0.495 e. The van der Waals surface area contributed by atoms with E-state index in [1.165, 1.54) is 6.20 Å². The molecule has 194 valence electrons. The number of aromatic nitrogens is 2. The smallest absolute Gasteiger partial charge is 0.317 e. The molecule has 37 heavy (non-hydrogen) atoms. The van der Waals surface area contributed by atoms with E-state index >= 15 is 0 Å². The summed E-state index contributed by atoms with van der Waals surface area (Å²) in [4.78, 5) is 37.2. The molecule has 0 saturated heterocycles. The highest BCUT2D eigenvalue weighted by molar-refractivity contribution is 6.33. The normalized spacial score (nSPS) is 12.7. The van der Waals surface area contributed by atoms with E-state index in [1.54, 1.807) is 39.4 Å². The van der Waals surface area contributed by atoms with Crippen molar-refractivity contribution in [3.63, 3.8) is 0 Å². The molecular weight excluding hydrogens is 494 g/mol. The van der Waals surface area contributed by atoms with E-state index in [0.29, 0.717) is 46.9 Å². The van der Waals surface area contributed by atoms with Gasteiger partial charge in [0.05, 0.1) is 30.2 Å². The van der Waals surface area contributed by atoms with Gasteiger partial charge in [-0.1, -0.05) is 23.7 Å². The van der Waals surface area contributed by atoms with Crippen LogP contribution in [0.15, 0.2) is 42.6 Å². The number of hydrogen-bond acceptors (Lipinski definition) is 7. The summed E-state index contributed by atoms with van der Waals surface area (Å²) in [6.07, 6.45) is 2.97. The van der Waals surface area contributed by atoms with Gasteiger partial charge in [-0.25, -0.2) is 9.78 Å². The summed E-state index contributed by atoms with van der Waals surface area (Å²) < 4.78 is 5.72. The monoisotopic (exact) mass is 523 g/mol. The Labute approximate surface area is 221 Å². The zero-order valence-electron chi connectivity index (χ0n) is 21.3. The molecule has 0 fully saturated rings. The van der Waals surface area contributed by atoms with Crippen LogP contribution in [0.2, 0.25) is 5.02 Å². The summed E-state index contributed by atoms with van der Waals surface area (Å²) in [5.41, 5.74) is 4.10. The van der Waals surface area contributed by atoms with Gasteiger partial charge in [0.15, 0.2) is 5.82 Å². The summed E-state index contributed by atoms with van der Waals surface area (Å²) in [5, 5.41) is 8.81. The van der Waals surface area contributed by atoms with Crippen LogP contribution in [0, 0.1) is 0 Å². The number of anilines is 4. The lowest BCUT2D eigenvalue weighted by Crippen LogP contribution is -2.39. The third kappa shape index (κ3) is 5.54. The lowest BCUT2D eigenvalue weighted by molar-refractivity contribution is 0.0964. The Balaban J connectivity index is 1.65. The second kappa shape index (κ2) is 11.3. The van der Waals surface area contributed by atoms with Crippen molar-refractivity contribution >= 4 is 46.7 Å². The minimum absolute atomic E-state index is 0.0790. The molecule has 2 aromatic carbocycles. The van der Waals surface area contributed by atoms with Gasteiger partial charge in [-0.2, -0.15) is 4.98 Å². The molecule has 0 spiro atoms. The molecule has 0 atom stereocenters. The first-order valence-electron chi connectivity index (χ1n) is 11.9. The van der Waals surface area contributed by atoms with Gasteiger partial charge in [0.2, 0.25) is 5.95 Å². The summed E-state index contributed by atoms with van der Waals surface area (Å²) in [7, 11) is 6.69. The SMILES string of the molecule is CNC(=O)c1ccccc1Nc1nc(N(C)c2cc3c(cc2OC)CCN(C(=O)NC)CC3)ncc1Cl. The van der Waals surface area contributed by atoms with Crippen LogP contribution in [0.1, 0.15) is 21.5 Å². The van der Waals surface area contributed by atoms with Crippen molar-refractivity contribution in [3.05, 3.63) is 64.3 Å². The van der Waals surface area contributed by atoms with Crippen molar-refractivity contribution in [2.24, 2.45) is 0 Å². The number of amides is 3. The molecule has 3 aromatic rings. The van der Waals surface area contributed by atoms with Gasteiger partial charge in [0.25, 0.3) is 5.91 Å². The number of carbonyl (C=O) groups is 2. The topological polar surface area (TPSA) is 112 Å². The summed E-state index contributed by atoms with van der Waals surface area (Å²) in [6.45, 7) is 1.26. The maximum Gasteiger partial charge on any atom is 0.317 e. The minimum Gasteiger partial charge on any atom is -0.495 e. The highest BCUT2D eigenvalue weighted by Gasteiger charge is 2.22. The number of ether oxygens (including phenoxy) is 1. The second-order valence-electron chi connectivity index (χ2n) is 8.51. The average molecular weight is 524 g/mol. The van der Waals surface area contributed by atoms with Crippen LogP contribution in [0.5, 0.6) is 5.75 Å². The van der Waals surface area contributed by atoms with Gasteiger partial charge in [-0.15, -0.1) is 0 Å². The van der Waals surface area contributed by atoms with Gasteiger partial charge in [-0.05, 0) is 48.2 Å². The van der Waals surface area contributed by atoms with Crippen molar-refractivity contribution in [1.82, 2.24) is 25.5 Å². The Kier molecular flexibility index (Phi) is 7.98. The van der Waals surface area contributed by atoms with Crippen LogP contribution in [0.3, 0.4) is 0 Å². The number of rotatable bonds is 6. The van der Waals surface area contributed by atoms with E-state index in [0.717, 1.165) is 29.7 Å². The van der Waals surface area contributed by atoms with E-state index in [9.17, 15) is 9.59 Å². The Bertz CT molecular complexity index is 1320. The summed E-state index contributed by atoms with van der Waals surface area (Å²) in [6, 6.07) is 11.1. The van der Waals surface area contributed by atoms with Crippen molar-refractivity contribution in [2.45, 2.75) is 12.8 Å². The van der Waals surface area contributed by atoms with Crippen LogP contribution in [-0.2, 0) is 12.8 Å². The Morgan fingerprint density at radius 3 is 2.46 bits per heavy atom. The number of halogens is 1. The average Bonchev–Trinajstić information content (AvgIpc) is 3.14. The zero-order valence-corrected chi connectivity index (χ0v) is 22.0. The first kappa shape index (κ1) is 26.0. The number of carbonyl (C=O) groups excluding carboxylic acids is 2. The number of benzene rings is 2. The fraction of sp³-hybridized carbons (Fsp3) is 0.308. The molecular formula is C26H30ClN7O3. The summed E-state index contributed by atoms with van der Waals surface area (Å²) >= 11 is 6.42. The number of hydrogen-bond donors (Lipinski definition) is 3. The molecule has 1 aliphatic heterocycles. The van der Waals surface area contributed by atoms with Crippen molar-refractivity contribution in [2.75, 3.05) is 51.6 Å². The molecule has 0 aliphatic carbocycles. The first-order valence-corrected chi connectivity index (χ1v) is 12.2. The number of nitrogens with one attached hydrogen (secondary N) is 3. The van der Waals surface area contributed by atoms with Crippen LogP contribution < -0.4 is 25.6 Å². The third-order valence-corrected chi connectivity index (χ3v) is 6.63. The third-order valence-electron chi connectivity index (χ3n) is 6.35. The lowest BCUT2D eigenvalue weighted by Gasteiger charge is -2.23. The quantitative estimate of drug-likeness (QED) is 0.451. The van der Waals surface area contributed by atoms with Crippen LogP contribution in [-0.4, -0.2) is 68.1 Å². The maximum atomic E-state index is 12.3. The molecule has 0 radical (unpaired) electrons. The Hall–Kier alpha value is -4.05. The van der Waals surface area contributed by atoms with Gasteiger partial charge < -0.3 is 30.5 Å². The highest BCUT2D eigenvalue weighted by Crippen LogP contribution is 2.36. The number of methoxy groups -OCH3 is 1. The zero-order chi connectivity index (χ0) is 26.5. The van der Waals surface area contributed by atoms with E-state index in [1.807, 2.05) is 29.0 Å². The van der Waals surface area contributed by atoms with Crippen LogP contribution in [0.4, 0.5) is 27.9 Å². The lowest BCUT2D eigenvalue weighted by atomic mass is 10.0. The van der Waals surface area contributed by atoms with Gasteiger partial charge in [0.1, 0.15) is 10.8 Å². The molecule has 11 heteroatoms. The van der Waals surface area contributed by atoms with E-state index in [-0.39, 0.29) is 11.9 Å². The molecule has 1 aromatic heterocycles. The molecule has 2 heterocycles. The minimum atomic E-state index is -0.227. The Morgan fingerprint density at radius 2 is 1.78 bits per heavy atom. The molecule has 0 saturated carbocycles. The molecule has 3 N–H and O–H groups in total. The molecule has 0 unspecified atom stereocenters. The van der Waals surface area contributed by atoms with Gasteiger partial charge >= 0.3 is 6.03 Å². The molecule has 1 aliphatic rings. The number of nitrogens with zero attached hydrogens (tertiary/aromatic N) is 4. The summed E-state index contributed by atoms with van der Waals surface area (Å²) in [5.74, 6) is 1.20. The number of fused-ring (bicyclic) bond motifs is 1. The van der Waals surface area contributed by atoms with Crippen molar-refractivity contribution < 1.29 is 14.3 Å². The van der Waals surface area contributed by atoms with Crippen molar-refractivity contribution in [1.29, 1.82) is 0 Å². The fourth-order valence-electron chi connectivity index (χ4n) is 4.30. The maximum absolute atomic E-state index is 12.3. The molecule has 0 bridgehead atoms. The second-order valence-corrected chi connectivity index (χ2v) is 8.92. The predicted molar refractivity (Wildman–Crippen MR) is 145 cm³/mol. The van der Waals surface area contributed by atoms with Gasteiger partial charge in [-0.3, -0.25) is 4.79 Å². The van der Waals surface area contributed by atoms with E-state index in [4.69, 9.17) is 16.3 Å². The number of para-hydroxylation sites is 1. The Morgan fingerprint density at radius 1 is 1.08 bits per heavy atom. The molecule has 4 rings (SSSR count). The first-order chi connectivity index (χ1) is 17.9. The van der Waals surface area contributed by atoms with E-state index in [2.05, 4.69) is 32.0 Å². The van der Waals surface area contributed by atoms with Crippen LogP contribution in [0.25, 0.3) is 0 Å². The fourth-order valence-corrected chi connectivity index (χ4v) is 4.43.